The first kappa shape index (κ1) is 16.3. The van der Waals surface area contributed by atoms with Gasteiger partial charge in [-0.25, -0.2) is 4.79 Å². The summed E-state index contributed by atoms with van der Waals surface area (Å²) in [6, 6.07) is 8.98. The van der Waals surface area contributed by atoms with E-state index >= 15 is 0 Å². The van der Waals surface area contributed by atoms with E-state index < -0.39 is 0 Å². The van der Waals surface area contributed by atoms with Crippen LogP contribution in [0.4, 0.5) is 4.79 Å². The van der Waals surface area contributed by atoms with Gasteiger partial charge in [-0.1, -0.05) is 31.9 Å². The van der Waals surface area contributed by atoms with Gasteiger partial charge < -0.3 is 15.7 Å². The van der Waals surface area contributed by atoms with E-state index in [2.05, 4.69) is 16.7 Å². The molecule has 2 amide bonds. The summed E-state index contributed by atoms with van der Waals surface area (Å²) in [5.41, 5.74) is 1.23. The molecule has 0 bridgehead atoms. The van der Waals surface area contributed by atoms with Crippen molar-refractivity contribution in [1.82, 2.24) is 10.6 Å². The molecule has 1 aromatic rings. The van der Waals surface area contributed by atoms with Crippen molar-refractivity contribution in [2.24, 2.45) is 5.41 Å². The molecule has 1 aliphatic rings. The lowest BCUT2D eigenvalue weighted by Crippen LogP contribution is -2.47. The minimum atomic E-state index is -0.353. The van der Waals surface area contributed by atoms with Crippen LogP contribution in [0.25, 0.3) is 0 Å². The molecule has 0 spiro atoms. The van der Waals surface area contributed by atoms with Gasteiger partial charge in [0.1, 0.15) is 0 Å². The zero-order valence-corrected chi connectivity index (χ0v) is 12.9. The van der Waals surface area contributed by atoms with Gasteiger partial charge in [0.2, 0.25) is 0 Å². The number of carbonyl (C=O) groups excluding carboxylic acids is 1. The Morgan fingerprint density at radius 3 is 3.00 bits per heavy atom. The number of benzene rings is 1. The van der Waals surface area contributed by atoms with Gasteiger partial charge >= 0.3 is 6.03 Å². The number of carbonyl (C=O) groups is 1. The Bertz CT molecular complexity index is 567. The second-order valence-corrected chi connectivity index (χ2v) is 6.26. The number of aliphatic hydroxyl groups excluding tert-OH is 1. The molecule has 0 radical (unpaired) electrons. The van der Waals surface area contributed by atoms with E-state index in [0.717, 1.165) is 31.2 Å². The smallest absolute Gasteiger partial charge is 0.315 e. The number of nitriles is 1. The van der Waals surface area contributed by atoms with Crippen molar-refractivity contribution in [2.75, 3.05) is 6.54 Å². The average Bonchev–Trinajstić information content (AvgIpc) is 2.54. The molecule has 3 N–H and O–H groups in total. The molecule has 2 atom stereocenters. The SMILES string of the molecule is C[C@]1(CNC(=O)NCc2cccc(C#N)c2)CCCC[C@H]1O. The van der Waals surface area contributed by atoms with Crippen molar-refractivity contribution in [2.45, 2.75) is 45.3 Å². The predicted molar refractivity (Wildman–Crippen MR) is 84.0 cm³/mol. The van der Waals surface area contributed by atoms with Crippen molar-refractivity contribution >= 4 is 6.03 Å². The van der Waals surface area contributed by atoms with Gasteiger partial charge in [-0.05, 0) is 30.5 Å². The number of hydrogen-bond acceptors (Lipinski definition) is 3. The molecule has 0 heterocycles. The Hall–Kier alpha value is -2.06. The quantitative estimate of drug-likeness (QED) is 0.797. The van der Waals surface area contributed by atoms with E-state index in [1.165, 1.54) is 0 Å². The molecular weight excluding hydrogens is 278 g/mol. The topological polar surface area (TPSA) is 85.2 Å². The summed E-state index contributed by atoms with van der Waals surface area (Å²) in [5, 5.41) is 24.6. The van der Waals surface area contributed by atoms with Crippen LogP contribution in [-0.2, 0) is 6.54 Å². The largest absolute Gasteiger partial charge is 0.392 e. The van der Waals surface area contributed by atoms with Gasteiger partial charge in [-0.2, -0.15) is 5.26 Å². The second kappa shape index (κ2) is 7.28. The number of aliphatic hydroxyl groups is 1. The Balaban J connectivity index is 1.79. The van der Waals surface area contributed by atoms with Crippen LogP contribution in [0.3, 0.4) is 0 Å². The molecule has 1 aromatic carbocycles. The summed E-state index contributed by atoms with van der Waals surface area (Å²) in [6.07, 6.45) is 3.53. The Morgan fingerprint density at radius 1 is 1.45 bits per heavy atom. The third-order valence-corrected chi connectivity index (χ3v) is 4.44. The summed E-state index contributed by atoms with van der Waals surface area (Å²) < 4.78 is 0. The molecular formula is C17H23N3O2. The maximum Gasteiger partial charge on any atom is 0.315 e. The molecule has 5 heteroatoms. The van der Waals surface area contributed by atoms with Crippen LogP contribution in [0.1, 0.15) is 43.7 Å². The monoisotopic (exact) mass is 301 g/mol. The molecule has 0 aliphatic heterocycles. The summed E-state index contributed by atoms with van der Waals surface area (Å²) in [7, 11) is 0. The van der Waals surface area contributed by atoms with Crippen LogP contribution in [0.5, 0.6) is 0 Å². The Kier molecular flexibility index (Phi) is 5.40. The fraction of sp³-hybridized carbons (Fsp3) is 0.529. The van der Waals surface area contributed by atoms with Crippen molar-refractivity contribution in [1.29, 1.82) is 5.26 Å². The molecule has 22 heavy (non-hydrogen) atoms. The zero-order chi connectivity index (χ0) is 16.0. The maximum atomic E-state index is 11.9. The van der Waals surface area contributed by atoms with Crippen LogP contribution in [0.2, 0.25) is 0 Å². The highest BCUT2D eigenvalue weighted by Gasteiger charge is 2.35. The Morgan fingerprint density at radius 2 is 2.27 bits per heavy atom. The lowest BCUT2D eigenvalue weighted by Gasteiger charge is -2.38. The first-order chi connectivity index (χ1) is 10.5. The molecule has 1 saturated carbocycles. The predicted octanol–water partition coefficient (Wildman–Crippen LogP) is 2.30. The van der Waals surface area contributed by atoms with E-state index in [1.54, 1.807) is 18.2 Å². The minimum absolute atomic E-state index is 0.240. The van der Waals surface area contributed by atoms with Gasteiger partial charge in [0.15, 0.2) is 0 Å². The van der Waals surface area contributed by atoms with E-state index in [-0.39, 0.29) is 17.6 Å². The summed E-state index contributed by atoms with van der Waals surface area (Å²) in [6.45, 7) is 2.87. The number of urea groups is 1. The fourth-order valence-corrected chi connectivity index (χ4v) is 2.87. The van der Waals surface area contributed by atoms with E-state index in [0.29, 0.717) is 18.7 Å². The first-order valence-corrected chi connectivity index (χ1v) is 7.72. The van der Waals surface area contributed by atoms with Crippen molar-refractivity contribution in [3.63, 3.8) is 0 Å². The van der Waals surface area contributed by atoms with Crippen LogP contribution < -0.4 is 10.6 Å². The number of rotatable bonds is 4. The van der Waals surface area contributed by atoms with Crippen molar-refractivity contribution in [3.8, 4) is 6.07 Å². The van der Waals surface area contributed by atoms with Crippen LogP contribution >= 0.6 is 0 Å². The highest BCUT2D eigenvalue weighted by Crippen LogP contribution is 2.35. The van der Waals surface area contributed by atoms with E-state index in [4.69, 9.17) is 5.26 Å². The van der Waals surface area contributed by atoms with Crippen LogP contribution in [-0.4, -0.2) is 23.8 Å². The standard InChI is InChI=1S/C17H23N3O2/c1-17(8-3-2-7-15(17)21)12-20-16(22)19-11-14-6-4-5-13(9-14)10-18/h4-6,9,15,21H,2-3,7-8,11-12H2,1H3,(H2,19,20,22)/t15-,17-/m1/s1. The summed E-state index contributed by atoms with van der Waals surface area (Å²) in [5.74, 6) is 0. The fourth-order valence-electron chi connectivity index (χ4n) is 2.87. The molecule has 0 saturated heterocycles. The first-order valence-electron chi connectivity index (χ1n) is 7.72. The van der Waals surface area contributed by atoms with E-state index in [1.807, 2.05) is 13.0 Å². The molecule has 0 unspecified atom stereocenters. The number of nitrogens with one attached hydrogen (secondary N) is 2. The molecule has 1 fully saturated rings. The molecule has 0 aromatic heterocycles. The molecule has 5 nitrogen and oxygen atoms in total. The van der Waals surface area contributed by atoms with Crippen LogP contribution in [0.15, 0.2) is 24.3 Å². The summed E-state index contributed by atoms with van der Waals surface area (Å²) >= 11 is 0. The third-order valence-electron chi connectivity index (χ3n) is 4.44. The Labute approximate surface area is 131 Å². The number of hydrogen-bond donors (Lipinski definition) is 3. The average molecular weight is 301 g/mol. The van der Waals surface area contributed by atoms with Crippen LogP contribution in [0, 0.1) is 16.7 Å². The third kappa shape index (κ3) is 4.22. The van der Waals surface area contributed by atoms with Gasteiger partial charge in [0.05, 0.1) is 17.7 Å². The van der Waals surface area contributed by atoms with Crippen molar-refractivity contribution < 1.29 is 9.90 Å². The normalized spacial score (nSPS) is 24.3. The number of amides is 2. The number of nitrogens with zero attached hydrogens (tertiary/aromatic N) is 1. The van der Waals surface area contributed by atoms with Crippen molar-refractivity contribution in [3.05, 3.63) is 35.4 Å². The maximum absolute atomic E-state index is 11.9. The van der Waals surface area contributed by atoms with E-state index in [9.17, 15) is 9.90 Å². The van der Waals surface area contributed by atoms with Gasteiger partial charge in [0.25, 0.3) is 0 Å². The zero-order valence-electron chi connectivity index (χ0n) is 12.9. The lowest BCUT2D eigenvalue weighted by molar-refractivity contribution is 0.00309. The van der Waals surface area contributed by atoms with Gasteiger partial charge in [-0.3, -0.25) is 0 Å². The minimum Gasteiger partial charge on any atom is -0.392 e. The highest BCUT2D eigenvalue weighted by molar-refractivity contribution is 5.73. The molecule has 118 valence electrons. The van der Waals surface area contributed by atoms with Gasteiger partial charge in [-0.15, -0.1) is 0 Å². The highest BCUT2D eigenvalue weighted by atomic mass is 16.3. The van der Waals surface area contributed by atoms with Gasteiger partial charge in [0, 0.05) is 18.5 Å². The molecule has 2 rings (SSSR count). The molecule has 1 aliphatic carbocycles. The second-order valence-electron chi connectivity index (χ2n) is 6.26. The lowest BCUT2D eigenvalue weighted by atomic mass is 9.73. The summed E-state index contributed by atoms with van der Waals surface area (Å²) in [4.78, 5) is 11.9.